The molecule has 0 aliphatic rings. The monoisotopic (exact) mass is 213 g/mol. The molecule has 3 nitrogen and oxygen atoms in total. The van der Waals surface area contributed by atoms with E-state index in [1.165, 1.54) is 0 Å². The van der Waals surface area contributed by atoms with Gasteiger partial charge in [-0.05, 0) is 25.6 Å². The first-order valence-electron chi connectivity index (χ1n) is 4.80. The molecular weight excluding hydrogens is 198 g/mol. The van der Waals surface area contributed by atoms with Crippen LogP contribution >= 0.6 is 11.6 Å². The standard InChI is InChI=1S/C10H16ClN3/c1-3-12-7-5-4-6-10-9(11)8-13-14(10)2/h4,6,8,12H,3,5,7H2,1-2H3/b6-4+. The van der Waals surface area contributed by atoms with E-state index in [-0.39, 0.29) is 0 Å². The summed E-state index contributed by atoms with van der Waals surface area (Å²) in [5.74, 6) is 0. The van der Waals surface area contributed by atoms with Crippen LogP contribution < -0.4 is 5.32 Å². The van der Waals surface area contributed by atoms with Gasteiger partial charge in [-0.25, -0.2) is 0 Å². The second kappa shape index (κ2) is 5.83. The predicted octanol–water partition coefficient (Wildman–Crippen LogP) is 2.09. The lowest BCUT2D eigenvalue weighted by atomic mass is 10.3. The first-order valence-corrected chi connectivity index (χ1v) is 5.18. The highest BCUT2D eigenvalue weighted by Gasteiger charge is 2.00. The van der Waals surface area contributed by atoms with Gasteiger partial charge in [-0.1, -0.05) is 24.6 Å². The number of halogens is 1. The maximum atomic E-state index is 5.93. The fourth-order valence-electron chi connectivity index (χ4n) is 1.16. The third-order valence-electron chi connectivity index (χ3n) is 1.95. The van der Waals surface area contributed by atoms with Gasteiger partial charge in [-0.2, -0.15) is 5.10 Å². The van der Waals surface area contributed by atoms with Crippen LogP contribution in [-0.2, 0) is 7.05 Å². The number of nitrogens with zero attached hydrogens (tertiary/aromatic N) is 2. The molecule has 1 aromatic heterocycles. The Kier molecular flexibility index (Phi) is 4.70. The number of hydrogen-bond acceptors (Lipinski definition) is 2. The van der Waals surface area contributed by atoms with Crippen molar-refractivity contribution in [3.63, 3.8) is 0 Å². The lowest BCUT2D eigenvalue weighted by Gasteiger charge is -1.97. The van der Waals surface area contributed by atoms with E-state index in [4.69, 9.17) is 11.6 Å². The first kappa shape index (κ1) is 11.3. The highest BCUT2D eigenvalue weighted by molar-refractivity contribution is 6.31. The van der Waals surface area contributed by atoms with Gasteiger partial charge in [-0.15, -0.1) is 0 Å². The van der Waals surface area contributed by atoms with Crippen LogP contribution in [0.15, 0.2) is 12.3 Å². The molecule has 0 amide bonds. The average molecular weight is 214 g/mol. The normalized spacial score (nSPS) is 11.4. The third kappa shape index (κ3) is 3.16. The molecule has 0 saturated heterocycles. The minimum absolute atomic E-state index is 0.701. The molecule has 0 aliphatic carbocycles. The summed E-state index contributed by atoms with van der Waals surface area (Å²) >= 11 is 5.93. The zero-order chi connectivity index (χ0) is 10.4. The molecule has 78 valence electrons. The molecule has 14 heavy (non-hydrogen) atoms. The zero-order valence-electron chi connectivity index (χ0n) is 8.63. The first-order chi connectivity index (χ1) is 6.75. The van der Waals surface area contributed by atoms with E-state index < -0.39 is 0 Å². The van der Waals surface area contributed by atoms with E-state index in [0.717, 1.165) is 25.2 Å². The molecule has 0 aromatic carbocycles. The minimum Gasteiger partial charge on any atom is -0.317 e. The molecule has 1 N–H and O–H groups in total. The summed E-state index contributed by atoms with van der Waals surface area (Å²) in [7, 11) is 1.88. The van der Waals surface area contributed by atoms with Crippen molar-refractivity contribution in [3.05, 3.63) is 23.0 Å². The summed E-state index contributed by atoms with van der Waals surface area (Å²) in [5.41, 5.74) is 0.961. The van der Waals surface area contributed by atoms with Crippen molar-refractivity contribution in [2.45, 2.75) is 13.3 Å². The molecule has 0 radical (unpaired) electrons. The molecule has 4 heteroatoms. The van der Waals surface area contributed by atoms with Gasteiger partial charge < -0.3 is 5.32 Å². The van der Waals surface area contributed by atoms with Crippen molar-refractivity contribution in [1.82, 2.24) is 15.1 Å². The zero-order valence-corrected chi connectivity index (χ0v) is 9.38. The van der Waals surface area contributed by atoms with Crippen LogP contribution in [0.1, 0.15) is 19.0 Å². The van der Waals surface area contributed by atoms with Crippen LogP contribution in [0.2, 0.25) is 5.02 Å². The summed E-state index contributed by atoms with van der Waals surface area (Å²) in [6.07, 6.45) is 6.78. The quantitative estimate of drug-likeness (QED) is 0.760. The highest BCUT2D eigenvalue weighted by Crippen LogP contribution is 2.15. The molecule has 0 atom stereocenters. The fourth-order valence-corrected chi connectivity index (χ4v) is 1.39. The van der Waals surface area contributed by atoms with E-state index in [2.05, 4.69) is 23.4 Å². The molecular formula is C10H16ClN3. The lowest BCUT2D eigenvalue weighted by Crippen LogP contribution is -2.12. The molecule has 0 unspecified atom stereocenters. The Labute approximate surface area is 89.8 Å². The molecule has 1 rings (SSSR count). The number of aryl methyl sites for hydroxylation is 1. The molecule has 1 aromatic rings. The summed E-state index contributed by atoms with van der Waals surface area (Å²) in [5, 5.41) is 8.00. The van der Waals surface area contributed by atoms with Crippen LogP contribution in [0.4, 0.5) is 0 Å². The number of nitrogens with one attached hydrogen (secondary N) is 1. The molecule has 0 saturated carbocycles. The largest absolute Gasteiger partial charge is 0.317 e. The summed E-state index contributed by atoms with van der Waals surface area (Å²) in [6, 6.07) is 0. The second-order valence-electron chi connectivity index (χ2n) is 3.05. The van der Waals surface area contributed by atoms with Gasteiger partial charge >= 0.3 is 0 Å². The predicted molar refractivity (Wildman–Crippen MR) is 60.4 cm³/mol. The van der Waals surface area contributed by atoms with Crippen molar-refractivity contribution in [3.8, 4) is 0 Å². The van der Waals surface area contributed by atoms with Gasteiger partial charge in [-0.3, -0.25) is 4.68 Å². The Morgan fingerprint density at radius 3 is 3.00 bits per heavy atom. The maximum absolute atomic E-state index is 5.93. The van der Waals surface area contributed by atoms with Crippen LogP contribution in [0, 0.1) is 0 Å². The topological polar surface area (TPSA) is 29.9 Å². The van der Waals surface area contributed by atoms with E-state index in [9.17, 15) is 0 Å². The third-order valence-corrected chi connectivity index (χ3v) is 2.24. The lowest BCUT2D eigenvalue weighted by molar-refractivity contribution is 0.726. The van der Waals surface area contributed by atoms with Crippen LogP contribution in [0.3, 0.4) is 0 Å². The van der Waals surface area contributed by atoms with E-state index in [1.807, 2.05) is 13.1 Å². The van der Waals surface area contributed by atoms with Gasteiger partial charge in [0, 0.05) is 7.05 Å². The molecule has 0 bridgehead atoms. The van der Waals surface area contributed by atoms with Crippen molar-refractivity contribution in [2.75, 3.05) is 13.1 Å². The van der Waals surface area contributed by atoms with Crippen LogP contribution in [0.5, 0.6) is 0 Å². The van der Waals surface area contributed by atoms with E-state index in [1.54, 1.807) is 10.9 Å². The molecule has 0 spiro atoms. The smallest absolute Gasteiger partial charge is 0.0859 e. The van der Waals surface area contributed by atoms with E-state index in [0.29, 0.717) is 5.02 Å². The van der Waals surface area contributed by atoms with Crippen molar-refractivity contribution < 1.29 is 0 Å². The number of rotatable bonds is 5. The second-order valence-corrected chi connectivity index (χ2v) is 3.45. The maximum Gasteiger partial charge on any atom is 0.0859 e. The van der Waals surface area contributed by atoms with Gasteiger partial charge in [0.15, 0.2) is 0 Å². The van der Waals surface area contributed by atoms with Gasteiger partial charge in [0.2, 0.25) is 0 Å². The van der Waals surface area contributed by atoms with E-state index >= 15 is 0 Å². The molecule has 0 aliphatic heterocycles. The molecule has 1 heterocycles. The van der Waals surface area contributed by atoms with Crippen molar-refractivity contribution >= 4 is 17.7 Å². The Morgan fingerprint density at radius 1 is 1.64 bits per heavy atom. The molecule has 0 fully saturated rings. The average Bonchev–Trinajstić information content (AvgIpc) is 2.48. The highest BCUT2D eigenvalue weighted by atomic mass is 35.5. The van der Waals surface area contributed by atoms with Gasteiger partial charge in [0.1, 0.15) is 0 Å². The van der Waals surface area contributed by atoms with Crippen LogP contribution in [0.25, 0.3) is 6.08 Å². The number of hydrogen-bond donors (Lipinski definition) is 1. The Hall–Kier alpha value is -0.800. The Bertz CT molecular complexity index is 285. The summed E-state index contributed by atoms with van der Waals surface area (Å²) in [6.45, 7) is 4.12. The van der Waals surface area contributed by atoms with Gasteiger partial charge in [0.25, 0.3) is 0 Å². The van der Waals surface area contributed by atoms with Crippen LogP contribution in [-0.4, -0.2) is 22.9 Å². The Balaban J connectivity index is 2.43. The fraction of sp³-hybridized carbons (Fsp3) is 0.500. The van der Waals surface area contributed by atoms with Crippen molar-refractivity contribution in [2.24, 2.45) is 7.05 Å². The van der Waals surface area contributed by atoms with Gasteiger partial charge in [0.05, 0.1) is 16.9 Å². The van der Waals surface area contributed by atoms with Crippen molar-refractivity contribution in [1.29, 1.82) is 0 Å². The number of aromatic nitrogens is 2. The Morgan fingerprint density at radius 2 is 2.43 bits per heavy atom. The SMILES string of the molecule is CCNCC/C=C/c1c(Cl)cnn1C. The summed E-state index contributed by atoms with van der Waals surface area (Å²) in [4.78, 5) is 0. The minimum atomic E-state index is 0.701. The summed E-state index contributed by atoms with van der Waals surface area (Å²) < 4.78 is 1.77.